The molecule has 2 aromatic carbocycles. The van der Waals surface area contributed by atoms with Gasteiger partial charge in [-0.25, -0.2) is 9.18 Å². The van der Waals surface area contributed by atoms with E-state index in [1.807, 2.05) is 12.1 Å². The van der Waals surface area contributed by atoms with Crippen molar-refractivity contribution in [3.63, 3.8) is 0 Å². The van der Waals surface area contributed by atoms with Crippen LogP contribution in [0.2, 0.25) is 5.02 Å². The summed E-state index contributed by atoms with van der Waals surface area (Å²) in [5, 5.41) is 4.92. The maximum Gasteiger partial charge on any atom is 0.338 e. The molecule has 0 atom stereocenters. The Morgan fingerprint density at radius 2 is 2.09 bits per heavy atom. The van der Waals surface area contributed by atoms with E-state index in [2.05, 4.69) is 5.10 Å². The van der Waals surface area contributed by atoms with Crippen molar-refractivity contribution in [3.05, 3.63) is 75.2 Å². The van der Waals surface area contributed by atoms with Crippen molar-refractivity contribution in [2.75, 3.05) is 13.2 Å². The maximum atomic E-state index is 15.1. The minimum absolute atomic E-state index is 0.121. The third-order valence-electron chi connectivity index (χ3n) is 6.03. The predicted molar refractivity (Wildman–Crippen MR) is 120 cm³/mol. The summed E-state index contributed by atoms with van der Waals surface area (Å²) in [4.78, 5) is 25.6. The molecule has 0 spiro atoms. The van der Waals surface area contributed by atoms with E-state index in [1.165, 1.54) is 16.8 Å². The summed E-state index contributed by atoms with van der Waals surface area (Å²) < 4.78 is 26.9. The Morgan fingerprint density at radius 1 is 1.27 bits per heavy atom. The van der Waals surface area contributed by atoms with Gasteiger partial charge in [0.1, 0.15) is 5.82 Å². The van der Waals surface area contributed by atoms with Crippen LogP contribution in [0.1, 0.15) is 63.2 Å². The number of hydrogen-bond donors (Lipinski definition) is 0. The van der Waals surface area contributed by atoms with E-state index in [9.17, 15) is 9.59 Å². The van der Waals surface area contributed by atoms with Gasteiger partial charge in [-0.3, -0.25) is 4.79 Å². The van der Waals surface area contributed by atoms with E-state index in [-0.39, 0.29) is 30.2 Å². The van der Waals surface area contributed by atoms with Crippen molar-refractivity contribution < 1.29 is 23.5 Å². The largest absolute Gasteiger partial charge is 0.462 e. The number of halogens is 2. The molecule has 170 valence electrons. The first-order chi connectivity index (χ1) is 16.0. The van der Waals surface area contributed by atoms with Gasteiger partial charge >= 0.3 is 5.97 Å². The Kier molecular flexibility index (Phi) is 5.76. The van der Waals surface area contributed by atoms with Crippen LogP contribution in [0.3, 0.4) is 0 Å². The summed E-state index contributed by atoms with van der Waals surface area (Å²) in [5.74, 6) is -1.23. The lowest BCUT2D eigenvalue weighted by Crippen LogP contribution is -2.21. The Labute approximate surface area is 195 Å². The molecule has 0 amide bonds. The lowest BCUT2D eigenvalue weighted by atomic mass is 10.00. The molecule has 2 aliphatic rings. The van der Waals surface area contributed by atoms with Gasteiger partial charge in [-0.2, -0.15) is 9.78 Å². The van der Waals surface area contributed by atoms with Crippen molar-refractivity contribution >= 4 is 23.5 Å². The number of ether oxygens (including phenoxy) is 2. The van der Waals surface area contributed by atoms with E-state index in [0.29, 0.717) is 40.9 Å². The summed E-state index contributed by atoms with van der Waals surface area (Å²) in [6.45, 7) is 2.53. The molecule has 6 nitrogen and oxygen atoms in total. The molecule has 1 aliphatic heterocycles. The minimum Gasteiger partial charge on any atom is -0.462 e. The van der Waals surface area contributed by atoms with Gasteiger partial charge in [0.2, 0.25) is 0 Å². The monoisotopic (exact) mass is 468 g/mol. The predicted octanol–water partition coefficient (Wildman–Crippen LogP) is 5.16. The van der Waals surface area contributed by atoms with E-state index in [4.69, 9.17) is 21.1 Å². The van der Waals surface area contributed by atoms with Crippen LogP contribution in [0.15, 0.2) is 36.4 Å². The molecule has 0 unspecified atom stereocenters. The molecule has 0 N–H and O–H groups in total. The summed E-state index contributed by atoms with van der Waals surface area (Å²) in [6.07, 6.45) is 2.53. The van der Waals surface area contributed by atoms with Crippen LogP contribution in [-0.4, -0.2) is 34.9 Å². The number of hydrogen-bond acceptors (Lipinski definition) is 5. The fourth-order valence-corrected chi connectivity index (χ4v) is 4.54. The molecule has 2 heterocycles. The van der Waals surface area contributed by atoms with E-state index in [0.717, 1.165) is 30.0 Å². The van der Waals surface area contributed by atoms with Gasteiger partial charge in [0.25, 0.3) is 5.91 Å². The number of esters is 1. The molecular weight excluding hydrogens is 447 g/mol. The number of fused-ring (bicyclic) bond motifs is 1. The number of aromatic nitrogens is 2. The Hall–Kier alpha value is -3.03. The molecule has 1 aromatic heterocycles. The zero-order valence-electron chi connectivity index (χ0n) is 18.1. The second kappa shape index (κ2) is 8.72. The number of benzene rings is 2. The van der Waals surface area contributed by atoms with Crippen LogP contribution in [0.25, 0.3) is 11.3 Å². The molecule has 1 fully saturated rings. The van der Waals surface area contributed by atoms with Gasteiger partial charge in [0, 0.05) is 11.1 Å². The van der Waals surface area contributed by atoms with Gasteiger partial charge in [0.15, 0.2) is 0 Å². The molecular formula is C25H22ClFN2O4. The van der Waals surface area contributed by atoms with Gasteiger partial charge in [0.05, 0.1) is 47.4 Å². The SMILES string of the molecule is CCOC(=O)c1ccc(-c2nn(C(=O)c3c(Cl)cccc3C3CC3)c3c2CCOC3)c(F)c1. The summed E-state index contributed by atoms with van der Waals surface area (Å²) in [6, 6.07) is 9.61. The van der Waals surface area contributed by atoms with Crippen molar-refractivity contribution in [1.29, 1.82) is 0 Å². The third kappa shape index (κ3) is 3.96. The number of nitrogens with zero attached hydrogens (tertiary/aromatic N) is 2. The zero-order valence-corrected chi connectivity index (χ0v) is 18.8. The molecule has 3 aromatic rings. The van der Waals surface area contributed by atoms with E-state index >= 15 is 4.39 Å². The Bertz CT molecular complexity index is 1270. The average molecular weight is 469 g/mol. The van der Waals surface area contributed by atoms with Crippen LogP contribution >= 0.6 is 11.6 Å². The second-order valence-corrected chi connectivity index (χ2v) is 8.59. The average Bonchev–Trinajstić information content (AvgIpc) is 3.59. The van der Waals surface area contributed by atoms with Crippen molar-refractivity contribution in [2.45, 2.75) is 38.7 Å². The minimum atomic E-state index is -0.608. The fraction of sp³-hybridized carbons (Fsp3) is 0.320. The zero-order chi connectivity index (χ0) is 23.1. The Balaban J connectivity index is 1.60. The molecule has 8 heteroatoms. The summed E-state index contributed by atoms with van der Waals surface area (Å²) in [5.41, 5.74) is 3.41. The van der Waals surface area contributed by atoms with Gasteiger partial charge in [-0.05, 0) is 61.9 Å². The molecule has 5 rings (SSSR count). The maximum absolute atomic E-state index is 15.1. The molecule has 0 bridgehead atoms. The van der Waals surface area contributed by atoms with Gasteiger partial charge in [-0.15, -0.1) is 0 Å². The Morgan fingerprint density at radius 3 is 2.82 bits per heavy atom. The highest BCUT2D eigenvalue weighted by molar-refractivity contribution is 6.34. The second-order valence-electron chi connectivity index (χ2n) is 8.19. The normalized spacial score (nSPS) is 15.2. The van der Waals surface area contributed by atoms with E-state index in [1.54, 1.807) is 13.0 Å². The quantitative estimate of drug-likeness (QED) is 0.484. The first kappa shape index (κ1) is 21.8. The fourth-order valence-electron chi connectivity index (χ4n) is 4.28. The van der Waals surface area contributed by atoms with Crippen molar-refractivity contribution in [1.82, 2.24) is 9.78 Å². The van der Waals surface area contributed by atoms with E-state index < -0.39 is 11.8 Å². The number of carbonyl (C=O) groups excluding carboxylic acids is 2. The number of carbonyl (C=O) groups is 2. The molecule has 33 heavy (non-hydrogen) atoms. The highest BCUT2D eigenvalue weighted by Crippen LogP contribution is 2.43. The summed E-state index contributed by atoms with van der Waals surface area (Å²) in [7, 11) is 0. The van der Waals surface area contributed by atoms with Crippen LogP contribution in [0.4, 0.5) is 4.39 Å². The highest BCUT2D eigenvalue weighted by atomic mass is 35.5. The standard InChI is InChI=1S/C25H22ClFN2O4/c1-2-33-25(31)15-8-9-17(20(27)12-15)23-18-10-11-32-13-21(18)29(28-23)24(30)22-16(14-6-7-14)4-3-5-19(22)26/h3-5,8-9,12,14H,2,6-7,10-11,13H2,1H3. The topological polar surface area (TPSA) is 70.4 Å². The van der Waals surface area contributed by atoms with Crippen LogP contribution in [-0.2, 0) is 22.5 Å². The number of rotatable bonds is 5. The first-order valence-corrected chi connectivity index (χ1v) is 11.4. The molecule has 0 radical (unpaired) electrons. The van der Waals surface area contributed by atoms with Crippen LogP contribution < -0.4 is 0 Å². The van der Waals surface area contributed by atoms with Crippen LogP contribution in [0, 0.1) is 5.82 Å². The van der Waals surface area contributed by atoms with Gasteiger partial charge in [-0.1, -0.05) is 23.7 Å². The van der Waals surface area contributed by atoms with Crippen LogP contribution in [0.5, 0.6) is 0 Å². The lowest BCUT2D eigenvalue weighted by molar-refractivity contribution is 0.0525. The molecule has 1 aliphatic carbocycles. The highest BCUT2D eigenvalue weighted by Gasteiger charge is 2.33. The smallest absolute Gasteiger partial charge is 0.338 e. The summed E-state index contributed by atoms with van der Waals surface area (Å²) >= 11 is 6.45. The molecule has 0 saturated heterocycles. The van der Waals surface area contributed by atoms with Gasteiger partial charge < -0.3 is 9.47 Å². The first-order valence-electron chi connectivity index (χ1n) is 11.0. The lowest BCUT2D eigenvalue weighted by Gasteiger charge is -2.16. The van der Waals surface area contributed by atoms with Crippen molar-refractivity contribution in [3.8, 4) is 11.3 Å². The third-order valence-corrected chi connectivity index (χ3v) is 6.34. The van der Waals surface area contributed by atoms with Crippen molar-refractivity contribution in [2.24, 2.45) is 0 Å². The molecule has 1 saturated carbocycles.